The smallest absolute Gasteiger partial charge is 0.107 e. The number of pyridine rings is 1. The molecule has 2 unspecified atom stereocenters. The number of thiophene rings is 5. The van der Waals surface area contributed by atoms with Gasteiger partial charge in [-0.05, 0) is 202 Å². The van der Waals surface area contributed by atoms with E-state index in [-0.39, 0.29) is 0 Å². The largest absolute Gasteiger partial charge is 0.387 e. The second-order valence-electron chi connectivity index (χ2n) is 33.2. The van der Waals surface area contributed by atoms with Crippen LogP contribution in [-0.4, -0.2) is 118 Å². The maximum absolute atomic E-state index is 10.7. The minimum Gasteiger partial charge on any atom is -0.387 e. The molecule has 18 heteroatoms. The first kappa shape index (κ1) is 81.3. The number of benzene rings is 5. The van der Waals surface area contributed by atoms with E-state index in [9.17, 15) is 5.11 Å². The van der Waals surface area contributed by atoms with Crippen LogP contribution in [0.15, 0.2) is 200 Å². The van der Waals surface area contributed by atoms with E-state index < -0.39 is 6.10 Å². The Balaban J connectivity index is 0.000000106. The maximum Gasteiger partial charge on any atom is 0.107 e. The molecule has 0 radical (unpaired) electrons. The summed E-state index contributed by atoms with van der Waals surface area (Å²) < 4.78 is 12.4. The molecule has 118 heavy (non-hydrogen) atoms. The highest BCUT2D eigenvalue weighted by molar-refractivity contribution is 7.20. The summed E-state index contributed by atoms with van der Waals surface area (Å²) in [6.45, 7) is 27.9. The average Bonchev–Trinajstić information content (AvgIpc) is 1.62. The molecule has 0 fully saturated rings. The van der Waals surface area contributed by atoms with Gasteiger partial charge in [-0.3, -0.25) is 9.88 Å². The predicted octanol–water partition coefficient (Wildman–Crippen LogP) is 23.5. The van der Waals surface area contributed by atoms with Gasteiger partial charge in [0.05, 0.1) is 12.6 Å². The van der Waals surface area contributed by atoms with E-state index in [1.54, 1.807) is 16.8 Å². The van der Waals surface area contributed by atoms with Crippen LogP contribution in [0.4, 0.5) is 0 Å². The van der Waals surface area contributed by atoms with Crippen molar-refractivity contribution in [2.24, 2.45) is 0 Å². The number of fused-ring (bicyclic) bond motifs is 15. The quantitative estimate of drug-likeness (QED) is 0.116. The molecule has 5 aliphatic heterocycles. The summed E-state index contributed by atoms with van der Waals surface area (Å²) in [5.41, 5.74) is 24.1. The Hall–Kier alpha value is -9.02. The van der Waals surface area contributed by atoms with Gasteiger partial charge in [-0.25, -0.2) is 0 Å². The minimum absolute atomic E-state index is 0.460. The number of nitrogens with zero attached hydrogens (tertiary/aromatic N) is 11. The van der Waals surface area contributed by atoms with E-state index in [1.165, 1.54) is 143 Å². The fourth-order valence-electron chi connectivity index (χ4n) is 18.5. The highest BCUT2D eigenvalue weighted by atomic mass is 35.5. The summed E-state index contributed by atoms with van der Waals surface area (Å²) in [4.78, 5) is 28.9. The summed E-state index contributed by atoms with van der Waals surface area (Å²) in [5, 5.41) is 21.0. The first-order valence-corrected chi connectivity index (χ1v) is 46.3. The van der Waals surface area contributed by atoms with Crippen LogP contribution in [0.1, 0.15) is 134 Å². The molecule has 21 rings (SSSR count). The van der Waals surface area contributed by atoms with Crippen molar-refractivity contribution in [1.29, 1.82) is 0 Å². The first-order valence-electron chi connectivity index (χ1n) is 41.8. The van der Waals surface area contributed by atoms with Crippen LogP contribution in [-0.2, 0) is 91.0 Å². The van der Waals surface area contributed by atoms with Crippen LogP contribution in [0.5, 0.6) is 0 Å². The molecule has 0 spiro atoms. The summed E-state index contributed by atoms with van der Waals surface area (Å²) in [7, 11) is 8.84. The maximum atomic E-state index is 10.7. The Bertz CT molecular complexity index is 6060. The Kier molecular flexibility index (Phi) is 24.9. The van der Waals surface area contributed by atoms with Gasteiger partial charge in [0, 0.05) is 221 Å². The summed E-state index contributed by atoms with van der Waals surface area (Å²) in [6, 6.07) is 63.8. The van der Waals surface area contributed by atoms with Gasteiger partial charge < -0.3 is 47.5 Å². The summed E-state index contributed by atoms with van der Waals surface area (Å²) >= 11 is 15.5. The average molecular weight is 1680 g/mol. The van der Waals surface area contributed by atoms with Crippen molar-refractivity contribution in [3.63, 3.8) is 0 Å². The fraction of sp³-hybridized carbons (Fsp3) is 0.310. The fourth-order valence-corrected chi connectivity index (χ4v) is 24.0. The molecular formula is C100H108ClN11OS5. The number of hydrogen-bond donors (Lipinski definition) is 1. The van der Waals surface area contributed by atoms with E-state index in [2.05, 4.69) is 292 Å². The van der Waals surface area contributed by atoms with Crippen molar-refractivity contribution in [1.82, 2.24) is 52.3 Å². The first-order chi connectivity index (χ1) is 57.4. The number of aryl methyl sites for hydroxylation is 7. The van der Waals surface area contributed by atoms with E-state index in [1.807, 2.05) is 112 Å². The molecule has 1 N–H and O–H groups in total. The SMILES string of the molecule is Cc1cc2c3c(n(/C=C/c4ccccc4)c2s1)CCN(C)C3.Cc1cc2c3c(n(/C=C\c4ccccc4)c2s1)CCN(C)C3.Cc1cc2c3c(n(CC(O)c4ccccc4)c2s1)CCN(C)C3.Cc1cc2c3c(n(CCc4ccc(Cl)cc4)c2s1)C(C)CN(C)C3.Cc1csc2c1c1c(n2Cc2ccncc2)CCN(Cc2ccccc2)C1. The third-order valence-electron chi connectivity index (χ3n) is 24.1. The molecule has 0 bridgehead atoms. The zero-order chi connectivity index (χ0) is 81.2. The topological polar surface area (TPSA) is 74.0 Å². The zero-order valence-electron chi connectivity index (χ0n) is 69.7. The summed E-state index contributed by atoms with van der Waals surface area (Å²) in [6.07, 6.45) is 17.7. The molecular weight excluding hydrogens is 1570 g/mol. The lowest BCUT2D eigenvalue weighted by Crippen LogP contribution is -2.30. The molecule has 0 saturated carbocycles. The van der Waals surface area contributed by atoms with Gasteiger partial charge in [0.25, 0.3) is 0 Å². The van der Waals surface area contributed by atoms with Crippen molar-refractivity contribution in [2.45, 2.75) is 145 Å². The van der Waals surface area contributed by atoms with E-state index >= 15 is 0 Å². The lowest BCUT2D eigenvalue weighted by atomic mass is 9.97. The van der Waals surface area contributed by atoms with Crippen molar-refractivity contribution < 1.29 is 5.11 Å². The molecule has 5 aliphatic rings. The van der Waals surface area contributed by atoms with E-state index in [0.717, 1.165) is 128 Å². The molecule has 12 nitrogen and oxygen atoms in total. The lowest BCUT2D eigenvalue weighted by Gasteiger charge is -2.29. The van der Waals surface area contributed by atoms with Gasteiger partial charge in [-0.2, -0.15) is 0 Å². The number of halogens is 1. The molecule has 0 aliphatic carbocycles. The molecule has 16 heterocycles. The van der Waals surface area contributed by atoms with Crippen LogP contribution in [0.25, 0.3) is 75.6 Å². The molecule has 606 valence electrons. The number of likely N-dealkylation sites (N-methyl/N-ethyl adjacent to an activating group) is 4. The van der Waals surface area contributed by atoms with Gasteiger partial charge >= 0.3 is 0 Å². The van der Waals surface area contributed by atoms with Gasteiger partial charge in [-0.15, -0.1) is 56.7 Å². The lowest BCUT2D eigenvalue weighted by molar-refractivity contribution is 0.156. The van der Waals surface area contributed by atoms with Crippen molar-refractivity contribution >= 4 is 144 Å². The normalized spacial score (nSPS) is 16.2. The van der Waals surface area contributed by atoms with Crippen LogP contribution in [0.2, 0.25) is 5.02 Å². The van der Waals surface area contributed by atoms with E-state index in [0.29, 0.717) is 12.5 Å². The molecule has 5 aromatic carbocycles. The van der Waals surface area contributed by atoms with Gasteiger partial charge in [0.15, 0.2) is 0 Å². The Morgan fingerprint density at radius 1 is 0.458 bits per heavy atom. The number of aromatic nitrogens is 6. The van der Waals surface area contributed by atoms with Crippen molar-refractivity contribution in [3.8, 4) is 0 Å². The number of aliphatic hydroxyl groups excluding tert-OH is 1. The highest BCUT2D eigenvalue weighted by Gasteiger charge is 2.32. The highest BCUT2D eigenvalue weighted by Crippen LogP contribution is 2.44. The van der Waals surface area contributed by atoms with Crippen molar-refractivity contribution in [3.05, 3.63) is 320 Å². The molecule has 16 aromatic rings. The number of rotatable bonds is 14. The minimum atomic E-state index is -0.460. The Morgan fingerprint density at radius 2 is 0.915 bits per heavy atom. The number of aliphatic hydroxyl groups is 1. The molecule has 0 saturated heterocycles. The Morgan fingerprint density at radius 3 is 1.47 bits per heavy atom. The van der Waals surface area contributed by atoms with E-state index in [4.69, 9.17) is 11.6 Å². The van der Waals surface area contributed by atoms with Gasteiger partial charge in [0.2, 0.25) is 0 Å². The second kappa shape index (κ2) is 36.1. The molecule has 2 atom stereocenters. The van der Waals surface area contributed by atoms with Gasteiger partial charge in [0.1, 0.15) is 24.2 Å². The zero-order valence-corrected chi connectivity index (χ0v) is 74.6. The van der Waals surface area contributed by atoms with Gasteiger partial charge in [-0.1, -0.05) is 152 Å². The molecule has 0 amide bonds. The van der Waals surface area contributed by atoms with Crippen LogP contribution < -0.4 is 0 Å². The summed E-state index contributed by atoms with van der Waals surface area (Å²) in [5.74, 6) is 0.587. The van der Waals surface area contributed by atoms with Crippen LogP contribution in [0.3, 0.4) is 0 Å². The van der Waals surface area contributed by atoms with Crippen LogP contribution >= 0.6 is 68.3 Å². The number of hydrogen-bond acceptors (Lipinski definition) is 12. The third-order valence-corrected chi connectivity index (χ3v) is 29.8. The Labute approximate surface area is 720 Å². The van der Waals surface area contributed by atoms with Crippen LogP contribution in [0, 0.1) is 34.6 Å². The second-order valence-corrected chi connectivity index (χ2v) is 39.4. The monoisotopic (exact) mass is 1670 g/mol. The predicted molar refractivity (Wildman–Crippen MR) is 505 cm³/mol. The van der Waals surface area contributed by atoms with Crippen molar-refractivity contribution in [2.75, 3.05) is 60.9 Å². The standard InChI is InChI=1S/C23H23N3S.C20H23ClN2S.C19H22N2OS.2C19H20N2S/c1-17-16-27-23-22(17)20-15-25(13-18-5-3-2-4-6-18)12-9-21(20)26(23)14-19-7-10-24-11-8-19;1-13-11-22(3)12-18-17-10-14(2)24-20(17)23(19(13)18)9-8-15-4-6-16(21)7-5-15;1-13-10-15-16-11-20(2)9-8-17(16)21(19(15)23-13)12-18(22)14-6-4-3-5-7-14;2*1-14-12-16-17-13-20(2)10-9-18(17)21(19(16)22-14)11-8-15-6-4-3-5-7-15/h2-8,10-11,16H,9,12-15H2,1H3;4-7,10,13H,8-9,11-12H2,1-3H3;3-7,10,18,22H,8-9,11-12H2,1-2H3;2*3-8,11-12H,9-10,13H2,1-2H3/b;;;11-8+;11-8-. The molecule has 11 aromatic heterocycles. The third kappa shape index (κ3) is 17.6.